The Labute approximate surface area is 162 Å². The first kappa shape index (κ1) is 19.1. The number of benzene rings is 1. The van der Waals surface area contributed by atoms with Gasteiger partial charge < -0.3 is 9.84 Å². The van der Waals surface area contributed by atoms with E-state index in [0.29, 0.717) is 47.5 Å². The molecule has 1 aromatic carbocycles. The molecule has 0 aliphatic carbocycles. The van der Waals surface area contributed by atoms with E-state index in [1.807, 2.05) is 44.2 Å². The predicted molar refractivity (Wildman–Crippen MR) is 102 cm³/mol. The van der Waals surface area contributed by atoms with E-state index in [9.17, 15) is 4.79 Å². The molecule has 0 aliphatic rings. The summed E-state index contributed by atoms with van der Waals surface area (Å²) < 4.78 is 6.77. The van der Waals surface area contributed by atoms with Crippen LogP contribution in [0, 0.1) is 6.92 Å². The van der Waals surface area contributed by atoms with E-state index in [1.165, 1.54) is 0 Å². The summed E-state index contributed by atoms with van der Waals surface area (Å²) in [6.07, 6.45) is 1.30. The van der Waals surface area contributed by atoms with Crippen molar-refractivity contribution in [3.63, 3.8) is 0 Å². The van der Waals surface area contributed by atoms with Crippen LogP contribution in [-0.2, 0) is 6.42 Å². The lowest BCUT2D eigenvalue weighted by atomic mass is 10.2. The molecule has 2 heterocycles. The monoisotopic (exact) mass is 387 g/mol. The molecule has 0 atom stereocenters. The number of carbonyl (C=O) groups is 1. The lowest BCUT2D eigenvalue weighted by Gasteiger charge is -2.05. The molecule has 7 nitrogen and oxygen atoms in total. The molecule has 0 bridgehead atoms. The molecule has 0 radical (unpaired) electrons. The molecular formula is C19H22ClN5O2. The fourth-order valence-corrected chi connectivity index (χ4v) is 2.99. The third kappa shape index (κ3) is 4.36. The zero-order chi connectivity index (χ0) is 19.4. The van der Waals surface area contributed by atoms with Crippen LogP contribution in [0.15, 0.2) is 34.9 Å². The Kier molecular flexibility index (Phi) is 5.91. The van der Waals surface area contributed by atoms with Gasteiger partial charge in [0.05, 0.1) is 16.9 Å². The Morgan fingerprint density at radius 2 is 2.04 bits per heavy atom. The average Bonchev–Trinajstić information content (AvgIpc) is 3.24. The van der Waals surface area contributed by atoms with Gasteiger partial charge in [-0.05, 0) is 25.5 Å². The summed E-state index contributed by atoms with van der Waals surface area (Å²) in [7, 11) is 0. The first-order chi connectivity index (χ1) is 13.0. The number of aryl methyl sites for hydroxylation is 2. The Morgan fingerprint density at radius 1 is 1.30 bits per heavy atom. The summed E-state index contributed by atoms with van der Waals surface area (Å²) in [4.78, 5) is 16.9. The third-order valence-electron chi connectivity index (χ3n) is 4.09. The van der Waals surface area contributed by atoms with Crippen molar-refractivity contribution in [1.82, 2.24) is 25.2 Å². The summed E-state index contributed by atoms with van der Waals surface area (Å²) in [5.74, 6) is 1.27. The van der Waals surface area contributed by atoms with E-state index in [-0.39, 0.29) is 11.8 Å². The second-order valence-corrected chi connectivity index (χ2v) is 6.92. The molecule has 3 aromatic rings. The summed E-state index contributed by atoms with van der Waals surface area (Å²) >= 11 is 6.41. The van der Waals surface area contributed by atoms with E-state index < -0.39 is 0 Å². The van der Waals surface area contributed by atoms with Gasteiger partial charge >= 0.3 is 0 Å². The summed E-state index contributed by atoms with van der Waals surface area (Å²) in [6, 6.07) is 9.47. The quantitative estimate of drug-likeness (QED) is 0.624. The van der Waals surface area contributed by atoms with Crippen LogP contribution in [0.5, 0.6) is 0 Å². The number of carbonyl (C=O) groups excluding carboxylic acids is 1. The van der Waals surface area contributed by atoms with E-state index in [1.54, 1.807) is 11.6 Å². The number of rotatable bonds is 7. The number of hydrogen-bond donors (Lipinski definition) is 1. The van der Waals surface area contributed by atoms with E-state index in [2.05, 4.69) is 20.6 Å². The van der Waals surface area contributed by atoms with Crippen LogP contribution >= 0.6 is 11.6 Å². The maximum Gasteiger partial charge on any atom is 0.256 e. The van der Waals surface area contributed by atoms with E-state index in [0.717, 1.165) is 5.69 Å². The zero-order valence-corrected chi connectivity index (χ0v) is 16.3. The molecule has 142 valence electrons. The van der Waals surface area contributed by atoms with E-state index in [4.69, 9.17) is 16.1 Å². The van der Waals surface area contributed by atoms with Gasteiger partial charge in [0, 0.05) is 18.9 Å². The van der Waals surface area contributed by atoms with Crippen molar-refractivity contribution in [3.8, 4) is 5.69 Å². The Hall–Kier alpha value is -2.67. The molecule has 27 heavy (non-hydrogen) atoms. The first-order valence-corrected chi connectivity index (χ1v) is 9.26. The van der Waals surface area contributed by atoms with Gasteiger partial charge in [-0.2, -0.15) is 10.1 Å². The summed E-state index contributed by atoms with van der Waals surface area (Å²) in [5.41, 5.74) is 1.78. The molecule has 0 spiro atoms. The topological polar surface area (TPSA) is 85.8 Å². The zero-order valence-electron chi connectivity index (χ0n) is 15.6. The number of halogens is 1. The van der Waals surface area contributed by atoms with E-state index >= 15 is 0 Å². The van der Waals surface area contributed by atoms with Crippen LogP contribution in [-0.4, -0.2) is 32.4 Å². The van der Waals surface area contributed by atoms with Crippen molar-refractivity contribution in [2.75, 3.05) is 6.54 Å². The minimum atomic E-state index is -0.243. The van der Waals surface area contributed by atoms with Gasteiger partial charge in [0.2, 0.25) is 5.89 Å². The fourth-order valence-electron chi connectivity index (χ4n) is 2.63. The Morgan fingerprint density at radius 3 is 2.70 bits per heavy atom. The molecule has 1 N–H and O–H groups in total. The first-order valence-electron chi connectivity index (χ1n) is 8.88. The number of aromatic nitrogens is 4. The second-order valence-electron chi connectivity index (χ2n) is 6.56. The van der Waals surface area contributed by atoms with Gasteiger partial charge in [0.1, 0.15) is 5.15 Å². The molecule has 0 aliphatic heterocycles. The number of nitrogens with zero attached hydrogens (tertiary/aromatic N) is 4. The lowest BCUT2D eigenvalue weighted by Crippen LogP contribution is -2.25. The number of nitrogens with one attached hydrogen (secondary N) is 1. The maximum atomic E-state index is 12.5. The van der Waals surface area contributed by atoms with Crippen LogP contribution in [0.2, 0.25) is 5.15 Å². The molecule has 8 heteroatoms. The molecular weight excluding hydrogens is 366 g/mol. The van der Waals surface area contributed by atoms with Crippen LogP contribution < -0.4 is 5.32 Å². The molecule has 1 amide bonds. The highest BCUT2D eigenvalue weighted by Gasteiger charge is 2.20. The Bertz CT molecular complexity index is 918. The fraction of sp³-hybridized carbons (Fsp3) is 0.368. The van der Waals surface area contributed by atoms with Crippen LogP contribution in [0.1, 0.15) is 54.0 Å². The van der Waals surface area contributed by atoms with Crippen molar-refractivity contribution in [1.29, 1.82) is 0 Å². The van der Waals surface area contributed by atoms with Crippen molar-refractivity contribution < 1.29 is 9.32 Å². The molecule has 0 fully saturated rings. The summed E-state index contributed by atoms with van der Waals surface area (Å²) in [5, 5.41) is 11.5. The van der Waals surface area contributed by atoms with Gasteiger partial charge in [-0.1, -0.05) is 48.8 Å². The highest BCUT2D eigenvalue weighted by atomic mass is 35.5. The van der Waals surface area contributed by atoms with Gasteiger partial charge in [0.15, 0.2) is 5.82 Å². The molecule has 0 saturated carbocycles. The Balaban J connectivity index is 1.59. The van der Waals surface area contributed by atoms with Crippen molar-refractivity contribution in [3.05, 3.63) is 58.5 Å². The van der Waals surface area contributed by atoms with Crippen LogP contribution in [0.25, 0.3) is 5.69 Å². The van der Waals surface area contributed by atoms with Crippen molar-refractivity contribution in [2.24, 2.45) is 0 Å². The molecule has 0 unspecified atom stereocenters. The molecule has 0 saturated heterocycles. The third-order valence-corrected chi connectivity index (χ3v) is 4.43. The highest BCUT2D eigenvalue weighted by molar-refractivity contribution is 6.33. The maximum absolute atomic E-state index is 12.5. The predicted octanol–water partition coefficient (Wildman–Crippen LogP) is 3.70. The minimum Gasteiger partial charge on any atom is -0.352 e. The SMILES string of the molecule is Cc1nn(-c2ccccc2)c(Cl)c1C(=O)NCCCc1nc(C(C)C)no1. The van der Waals surface area contributed by atoms with Crippen LogP contribution in [0.3, 0.4) is 0 Å². The van der Waals surface area contributed by atoms with Gasteiger partial charge in [-0.25, -0.2) is 4.68 Å². The average molecular weight is 388 g/mol. The van der Waals surface area contributed by atoms with Gasteiger partial charge in [-0.3, -0.25) is 4.79 Å². The number of para-hydroxylation sites is 1. The van der Waals surface area contributed by atoms with Gasteiger partial charge in [-0.15, -0.1) is 0 Å². The summed E-state index contributed by atoms with van der Waals surface area (Å²) in [6.45, 7) is 6.27. The lowest BCUT2D eigenvalue weighted by molar-refractivity contribution is 0.0952. The molecule has 2 aromatic heterocycles. The number of hydrogen-bond acceptors (Lipinski definition) is 5. The van der Waals surface area contributed by atoms with Crippen LogP contribution in [0.4, 0.5) is 0 Å². The standard InChI is InChI=1S/C19H22ClN5O2/c1-12(2)18-22-15(27-24-18)10-7-11-21-19(26)16-13(3)23-25(17(16)20)14-8-5-4-6-9-14/h4-6,8-9,12H,7,10-11H2,1-3H3,(H,21,26). The van der Waals surface area contributed by atoms with Crippen molar-refractivity contribution in [2.45, 2.75) is 39.5 Å². The highest BCUT2D eigenvalue weighted by Crippen LogP contribution is 2.23. The second kappa shape index (κ2) is 8.35. The van der Waals surface area contributed by atoms with Crippen molar-refractivity contribution >= 4 is 17.5 Å². The smallest absolute Gasteiger partial charge is 0.256 e. The van der Waals surface area contributed by atoms with Gasteiger partial charge in [0.25, 0.3) is 5.91 Å². The molecule has 3 rings (SSSR count). The number of amides is 1. The largest absolute Gasteiger partial charge is 0.352 e. The minimum absolute atomic E-state index is 0.230. The normalized spacial score (nSPS) is 11.1.